The third-order valence-electron chi connectivity index (χ3n) is 3.16. The van der Waals surface area contributed by atoms with Crippen LogP contribution in [-0.4, -0.2) is 34.3 Å². The topological polar surface area (TPSA) is 85.5 Å². The molecule has 1 aromatic rings. The van der Waals surface area contributed by atoms with Crippen LogP contribution in [0.3, 0.4) is 0 Å². The fraction of sp³-hybridized carbons (Fsp3) is 0.353. The van der Waals surface area contributed by atoms with Crippen LogP contribution in [-0.2, 0) is 4.74 Å². The fourth-order valence-electron chi connectivity index (χ4n) is 2.29. The molecule has 7 heteroatoms. The third kappa shape index (κ3) is 3.51. The van der Waals surface area contributed by atoms with Crippen LogP contribution in [0.25, 0.3) is 0 Å². The molecule has 3 rings (SSSR count). The normalized spacial score (nSPS) is 23.6. The first kappa shape index (κ1) is 16.3. The Hall–Kier alpha value is -2.53. The molecular formula is C17H20N5O2+. The first-order valence-electron chi connectivity index (χ1n) is 7.62. The van der Waals surface area contributed by atoms with E-state index < -0.39 is 0 Å². The van der Waals surface area contributed by atoms with Gasteiger partial charge in [0, 0.05) is 0 Å². The van der Waals surface area contributed by atoms with Gasteiger partial charge in [-0.05, 0) is 55.6 Å². The van der Waals surface area contributed by atoms with Gasteiger partial charge >= 0.3 is 0 Å². The van der Waals surface area contributed by atoms with E-state index in [1.54, 1.807) is 30.8 Å². The van der Waals surface area contributed by atoms with E-state index in [1.165, 1.54) is 0 Å². The van der Waals surface area contributed by atoms with Crippen molar-refractivity contribution in [3.63, 3.8) is 0 Å². The van der Waals surface area contributed by atoms with Crippen LogP contribution in [0.1, 0.15) is 33.5 Å². The highest BCUT2D eigenvalue weighted by atomic mass is 16.5. The summed E-state index contributed by atoms with van der Waals surface area (Å²) in [6.07, 6.45) is 4.56. The molecule has 0 radical (unpaired) electrons. The predicted molar refractivity (Wildman–Crippen MR) is 91.8 cm³/mol. The second kappa shape index (κ2) is 5.83. The van der Waals surface area contributed by atoms with E-state index in [4.69, 9.17) is 15.0 Å². The van der Waals surface area contributed by atoms with Gasteiger partial charge in [-0.2, -0.15) is 4.99 Å². The van der Waals surface area contributed by atoms with Crippen molar-refractivity contribution < 1.29 is 13.9 Å². The molecule has 2 N–H and O–H groups in total. The average molecular weight is 326 g/mol. The summed E-state index contributed by atoms with van der Waals surface area (Å²) >= 11 is 0. The van der Waals surface area contributed by atoms with Gasteiger partial charge in [0.05, 0.1) is 11.9 Å². The molecule has 0 amide bonds. The Labute approximate surface area is 140 Å². The zero-order valence-corrected chi connectivity index (χ0v) is 14.1. The van der Waals surface area contributed by atoms with E-state index in [0.717, 1.165) is 0 Å². The van der Waals surface area contributed by atoms with Gasteiger partial charge in [-0.25, -0.2) is 4.99 Å². The number of furan rings is 1. The second-order valence-electron chi connectivity index (χ2n) is 6.52. The molecule has 0 saturated carbocycles. The maximum absolute atomic E-state index is 6.27. The number of hydrogen-bond acceptors (Lipinski definition) is 6. The molecule has 7 nitrogen and oxygen atoms in total. The van der Waals surface area contributed by atoms with Gasteiger partial charge in [-0.1, -0.05) is 5.92 Å². The minimum atomic E-state index is -0.321. The summed E-state index contributed by atoms with van der Waals surface area (Å²) in [6.45, 7) is 7.86. The van der Waals surface area contributed by atoms with Crippen LogP contribution in [0.15, 0.2) is 49.8 Å². The maximum Gasteiger partial charge on any atom is 0.300 e. The number of hydrogen-bond donors (Lipinski definition) is 1. The second-order valence-corrected chi connectivity index (χ2v) is 6.52. The van der Waals surface area contributed by atoms with Crippen LogP contribution in [0, 0.1) is 11.8 Å². The summed E-state index contributed by atoms with van der Waals surface area (Å²) in [5, 5.41) is 4.39. The van der Waals surface area contributed by atoms with Crippen molar-refractivity contribution in [2.24, 2.45) is 20.9 Å². The minimum Gasteiger partial charge on any atom is -0.461 e. The molecule has 2 aliphatic heterocycles. The summed E-state index contributed by atoms with van der Waals surface area (Å²) in [5.74, 6) is 13.8. The first-order chi connectivity index (χ1) is 11.3. The highest BCUT2D eigenvalue weighted by molar-refractivity contribution is 6.31. The molecule has 0 spiro atoms. The Bertz CT molecular complexity index is 815. The lowest BCUT2D eigenvalue weighted by atomic mass is 10.2. The smallest absolute Gasteiger partial charge is 0.300 e. The molecule has 0 bridgehead atoms. The summed E-state index contributed by atoms with van der Waals surface area (Å²) in [6, 6.07) is 3.55. The van der Waals surface area contributed by atoms with E-state index in [1.807, 2.05) is 27.7 Å². The van der Waals surface area contributed by atoms with Crippen molar-refractivity contribution in [2.75, 3.05) is 0 Å². The number of allylic oxidation sites excluding steroid dienone is 1. The monoisotopic (exact) mass is 326 g/mol. The van der Waals surface area contributed by atoms with Crippen LogP contribution in [0.2, 0.25) is 0 Å². The summed E-state index contributed by atoms with van der Waals surface area (Å²) in [7, 11) is 0. The summed E-state index contributed by atoms with van der Waals surface area (Å²) in [4.78, 5) is 8.63. The standard InChI is InChI=1S/C17H20N5O2/c1-12(24-17(2,3)4)7-8-13-11-22(18)15(10-19-13)20-16(21-22)14-6-5-9-23-14/h5-6,9-12H,18H2,1-4H3/q+1. The summed E-state index contributed by atoms with van der Waals surface area (Å²) < 4.78 is 10.7. The van der Waals surface area contributed by atoms with E-state index in [0.29, 0.717) is 23.1 Å². The molecule has 1 aromatic heterocycles. The van der Waals surface area contributed by atoms with Gasteiger partial charge in [0.1, 0.15) is 12.3 Å². The van der Waals surface area contributed by atoms with Crippen molar-refractivity contribution in [3.8, 4) is 11.8 Å². The number of rotatable bonds is 2. The first-order valence-corrected chi connectivity index (χ1v) is 7.62. The quantitative estimate of drug-likeness (QED) is 0.513. The molecule has 3 heterocycles. The highest BCUT2D eigenvalue weighted by Gasteiger charge is 2.39. The average Bonchev–Trinajstić information content (AvgIpc) is 3.09. The van der Waals surface area contributed by atoms with E-state index in [-0.39, 0.29) is 16.4 Å². The van der Waals surface area contributed by atoms with E-state index in [2.05, 4.69) is 26.9 Å². The Balaban J connectivity index is 1.81. The Morgan fingerprint density at radius 1 is 1.38 bits per heavy atom. The molecule has 0 aromatic carbocycles. The largest absolute Gasteiger partial charge is 0.461 e. The van der Waals surface area contributed by atoms with Crippen molar-refractivity contribution in [1.29, 1.82) is 0 Å². The van der Waals surface area contributed by atoms with Gasteiger partial charge in [-0.3, -0.25) is 0 Å². The number of nitrogens with two attached hydrogens (primary N) is 1. The number of nitrogens with zero attached hydrogens (tertiary/aromatic N) is 4. The number of quaternary nitrogens is 1. The molecule has 2 atom stereocenters. The number of ether oxygens (including phenoxy) is 1. The SMILES string of the molecule is CC(C#CC1=C[N+]2(N)N=C(c3ccco3)N=C2C=N1)OC(C)(C)C. The van der Waals surface area contributed by atoms with Crippen molar-refractivity contribution in [2.45, 2.75) is 39.4 Å². The minimum absolute atomic E-state index is 0.219. The van der Waals surface area contributed by atoms with Crippen molar-refractivity contribution in [3.05, 3.63) is 36.1 Å². The highest BCUT2D eigenvalue weighted by Crippen LogP contribution is 2.21. The fourth-order valence-corrected chi connectivity index (χ4v) is 2.29. The van der Waals surface area contributed by atoms with Gasteiger partial charge < -0.3 is 9.15 Å². The van der Waals surface area contributed by atoms with E-state index >= 15 is 0 Å². The molecule has 0 saturated heterocycles. The Kier molecular flexibility index (Phi) is 3.97. The molecule has 2 unspecified atom stereocenters. The van der Waals surface area contributed by atoms with Gasteiger partial charge in [0.15, 0.2) is 17.7 Å². The third-order valence-corrected chi connectivity index (χ3v) is 3.16. The number of aliphatic imine (C=N–C) groups is 2. The Morgan fingerprint density at radius 3 is 2.83 bits per heavy atom. The molecule has 0 fully saturated rings. The van der Waals surface area contributed by atoms with Crippen LogP contribution >= 0.6 is 0 Å². The van der Waals surface area contributed by atoms with Crippen molar-refractivity contribution in [1.82, 2.24) is 0 Å². The van der Waals surface area contributed by atoms with Gasteiger partial charge in [0.2, 0.25) is 0 Å². The molecule has 24 heavy (non-hydrogen) atoms. The van der Waals surface area contributed by atoms with Crippen LogP contribution < -0.4 is 5.84 Å². The maximum atomic E-state index is 6.27. The lowest BCUT2D eigenvalue weighted by molar-refractivity contribution is -0.803. The van der Waals surface area contributed by atoms with Crippen LogP contribution in [0.4, 0.5) is 0 Å². The van der Waals surface area contributed by atoms with Gasteiger partial charge in [0.25, 0.3) is 11.7 Å². The van der Waals surface area contributed by atoms with Crippen LogP contribution in [0.5, 0.6) is 0 Å². The van der Waals surface area contributed by atoms with E-state index in [9.17, 15) is 0 Å². The molecule has 2 aliphatic rings. The predicted octanol–water partition coefficient (Wildman–Crippen LogP) is 2.18. The zero-order valence-electron chi connectivity index (χ0n) is 14.1. The molecule has 124 valence electrons. The van der Waals surface area contributed by atoms with Crippen molar-refractivity contribution >= 4 is 17.9 Å². The number of amidine groups is 2. The lowest BCUT2D eigenvalue weighted by Crippen LogP contribution is -2.50. The summed E-state index contributed by atoms with van der Waals surface area (Å²) in [5.41, 5.74) is 0.266. The Morgan fingerprint density at radius 2 is 2.17 bits per heavy atom. The lowest BCUT2D eigenvalue weighted by Gasteiger charge is -2.21. The number of fused-ring (bicyclic) bond motifs is 1. The van der Waals surface area contributed by atoms with Gasteiger partial charge in [-0.15, -0.1) is 5.84 Å². The molecule has 0 aliphatic carbocycles. The zero-order chi connectivity index (χ0) is 17.4. The molecular weight excluding hydrogens is 306 g/mol.